The molecular weight excluding hydrogens is 252 g/mol. The molecule has 0 fully saturated rings. The fourth-order valence-corrected chi connectivity index (χ4v) is 1.43. The molecule has 19 heavy (non-hydrogen) atoms. The number of hydrogen-bond donors (Lipinski definition) is 4. The zero-order chi connectivity index (χ0) is 14.4. The summed E-state index contributed by atoms with van der Waals surface area (Å²) in [6.07, 6.45) is -1.58. The van der Waals surface area contributed by atoms with E-state index in [1.807, 2.05) is 0 Å². The molecule has 1 aromatic carbocycles. The molecule has 0 aromatic heterocycles. The largest absolute Gasteiger partial charge is 0.379 e. The van der Waals surface area contributed by atoms with E-state index in [1.165, 1.54) is 24.1 Å². The molecule has 2 atom stereocenters. The quantitative estimate of drug-likeness (QED) is 0.316. The Kier molecular flexibility index (Phi) is 5.64. The van der Waals surface area contributed by atoms with Crippen LogP contribution in [0.3, 0.4) is 0 Å². The number of aliphatic hydroxyl groups excluding tert-OH is 2. The molecule has 0 aliphatic carbocycles. The summed E-state index contributed by atoms with van der Waals surface area (Å²) in [6, 6.07) is 5.96. The van der Waals surface area contributed by atoms with Crippen molar-refractivity contribution in [1.29, 1.82) is 0 Å². The Labute approximate surface area is 110 Å². The van der Waals surface area contributed by atoms with Gasteiger partial charge in [-0.1, -0.05) is 6.07 Å². The monoisotopic (exact) mass is 270 g/mol. The van der Waals surface area contributed by atoms with Gasteiger partial charge in [-0.15, -0.1) is 0 Å². The smallest absolute Gasteiger partial charge is 0.271 e. The second kappa shape index (κ2) is 7.00. The Bertz CT molecular complexity index is 425. The van der Waals surface area contributed by atoms with E-state index in [-0.39, 0.29) is 12.4 Å². The highest BCUT2D eigenvalue weighted by Crippen LogP contribution is 2.19. The lowest BCUT2D eigenvalue weighted by atomic mass is 10.3. The number of nitrogens with zero attached hydrogens (tertiary/aromatic N) is 2. The number of nitro benzene ring substituents is 1. The predicted octanol–water partition coefficient (Wildman–Crippen LogP) is 0.130. The summed E-state index contributed by atoms with van der Waals surface area (Å²) in [5.41, 5.74) is 3.16. The first kappa shape index (κ1) is 15.3. The Balaban J connectivity index is 2.89. The van der Waals surface area contributed by atoms with Crippen molar-refractivity contribution in [2.24, 2.45) is 0 Å². The number of hydrogen-bond acceptors (Lipinski definition) is 7. The highest BCUT2D eigenvalue weighted by molar-refractivity contribution is 5.52. The van der Waals surface area contributed by atoms with Gasteiger partial charge < -0.3 is 10.2 Å². The number of nitrogens with one attached hydrogen (secondary N) is 2. The number of benzene rings is 1. The predicted molar refractivity (Wildman–Crippen MR) is 70.1 cm³/mol. The van der Waals surface area contributed by atoms with Crippen molar-refractivity contribution in [3.8, 4) is 0 Å². The van der Waals surface area contributed by atoms with E-state index < -0.39 is 17.4 Å². The van der Waals surface area contributed by atoms with Crippen LogP contribution in [0.15, 0.2) is 24.3 Å². The number of anilines is 1. The third-order valence-electron chi connectivity index (χ3n) is 2.24. The molecule has 8 nitrogen and oxygen atoms in total. The third kappa shape index (κ3) is 5.18. The highest BCUT2D eigenvalue weighted by atomic mass is 16.6. The van der Waals surface area contributed by atoms with Crippen molar-refractivity contribution in [3.63, 3.8) is 0 Å². The molecule has 0 aliphatic heterocycles. The summed E-state index contributed by atoms with van der Waals surface area (Å²) >= 11 is 0. The van der Waals surface area contributed by atoms with Crippen LogP contribution >= 0.6 is 0 Å². The molecular formula is C11H18N4O4. The van der Waals surface area contributed by atoms with Gasteiger partial charge in [0.25, 0.3) is 5.69 Å². The Morgan fingerprint density at radius 1 is 1.37 bits per heavy atom. The van der Waals surface area contributed by atoms with Crippen LogP contribution in [0.25, 0.3) is 0 Å². The molecule has 106 valence electrons. The van der Waals surface area contributed by atoms with Crippen LogP contribution in [0.2, 0.25) is 0 Å². The zero-order valence-electron chi connectivity index (χ0n) is 10.8. The van der Waals surface area contributed by atoms with Gasteiger partial charge in [0.1, 0.15) is 12.5 Å². The molecule has 4 N–H and O–H groups in total. The summed E-state index contributed by atoms with van der Waals surface area (Å²) < 4.78 is 0. The van der Waals surface area contributed by atoms with E-state index in [0.29, 0.717) is 5.69 Å². The Hall–Kier alpha value is -1.74. The van der Waals surface area contributed by atoms with Crippen LogP contribution < -0.4 is 15.8 Å². The molecule has 0 bridgehead atoms. The summed E-state index contributed by atoms with van der Waals surface area (Å²) in [6.45, 7) is 3.24. The van der Waals surface area contributed by atoms with Crippen molar-refractivity contribution in [2.45, 2.75) is 26.3 Å². The topological polar surface area (TPSA) is 111 Å². The van der Waals surface area contributed by atoms with Gasteiger partial charge in [-0.3, -0.25) is 20.4 Å². The lowest BCUT2D eigenvalue weighted by molar-refractivity contribution is -0.384. The highest BCUT2D eigenvalue weighted by Gasteiger charge is 2.13. The Morgan fingerprint density at radius 3 is 2.58 bits per heavy atom. The number of non-ortho nitro benzene ring substituents is 1. The summed E-state index contributed by atoms with van der Waals surface area (Å²) in [5, 5.41) is 33.5. The van der Waals surface area contributed by atoms with Crippen molar-refractivity contribution in [1.82, 2.24) is 10.7 Å². The van der Waals surface area contributed by atoms with E-state index in [2.05, 4.69) is 10.7 Å². The fraction of sp³-hybridized carbons (Fsp3) is 0.455. The molecule has 0 radical (unpaired) electrons. The Morgan fingerprint density at radius 2 is 2.05 bits per heavy atom. The maximum Gasteiger partial charge on any atom is 0.271 e. The number of hydrazine groups is 1. The van der Waals surface area contributed by atoms with Crippen LogP contribution in [0.5, 0.6) is 0 Å². The van der Waals surface area contributed by atoms with Crippen LogP contribution in [-0.4, -0.2) is 34.3 Å². The van der Waals surface area contributed by atoms with E-state index >= 15 is 0 Å². The van der Waals surface area contributed by atoms with Gasteiger partial charge in [0.15, 0.2) is 0 Å². The van der Waals surface area contributed by atoms with E-state index in [9.17, 15) is 20.3 Å². The van der Waals surface area contributed by atoms with Gasteiger partial charge in [-0.2, -0.15) is 0 Å². The molecule has 0 heterocycles. The second-order valence-corrected chi connectivity index (χ2v) is 4.05. The zero-order valence-corrected chi connectivity index (χ0v) is 10.8. The van der Waals surface area contributed by atoms with Crippen LogP contribution in [-0.2, 0) is 0 Å². The van der Waals surface area contributed by atoms with Crippen LogP contribution in [0, 0.1) is 10.1 Å². The minimum absolute atomic E-state index is 0.0491. The molecule has 0 amide bonds. The summed E-state index contributed by atoms with van der Waals surface area (Å²) in [7, 11) is 0. The van der Waals surface area contributed by atoms with E-state index in [0.717, 1.165) is 0 Å². The van der Waals surface area contributed by atoms with Gasteiger partial charge in [-0.05, 0) is 19.9 Å². The lowest BCUT2D eigenvalue weighted by Crippen LogP contribution is -2.49. The first-order chi connectivity index (χ1) is 8.90. The summed E-state index contributed by atoms with van der Waals surface area (Å²) in [5.74, 6) is 0. The minimum atomic E-state index is -0.838. The third-order valence-corrected chi connectivity index (χ3v) is 2.24. The maximum absolute atomic E-state index is 10.7. The SMILES string of the molecule is CC(O)NCN(NC(C)O)c1cccc([N+](=O)[O-])c1. The second-order valence-electron chi connectivity index (χ2n) is 4.05. The molecule has 1 rings (SSSR count). The molecule has 8 heteroatoms. The fourth-order valence-electron chi connectivity index (χ4n) is 1.43. The van der Waals surface area contributed by atoms with Gasteiger partial charge >= 0.3 is 0 Å². The number of rotatable bonds is 7. The average Bonchev–Trinajstić information content (AvgIpc) is 2.34. The molecule has 0 saturated carbocycles. The standard InChI is InChI=1S/C11H18N4O4/c1-8(16)12-7-14(13-9(2)17)10-4-3-5-11(6-10)15(18)19/h3-6,8-9,12-13,16-17H,7H2,1-2H3. The van der Waals surface area contributed by atoms with Crippen LogP contribution in [0.4, 0.5) is 11.4 Å². The molecule has 0 aliphatic rings. The normalized spacial score (nSPS) is 13.9. The van der Waals surface area contributed by atoms with Gasteiger partial charge in [-0.25, -0.2) is 5.43 Å². The molecule has 0 saturated heterocycles. The van der Waals surface area contributed by atoms with Gasteiger partial charge in [0.05, 0.1) is 17.3 Å². The summed E-state index contributed by atoms with van der Waals surface area (Å²) in [4.78, 5) is 10.2. The lowest BCUT2D eigenvalue weighted by Gasteiger charge is -2.27. The average molecular weight is 270 g/mol. The van der Waals surface area contributed by atoms with Gasteiger partial charge in [0, 0.05) is 12.1 Å². The number of aliphatic hydroxyl groups is 2. The van der Waals surface area contributed by atoms with Crippen molar-refractivity contribution in [2.75, 3.05) is 11.7 Å². The number of nitro groups is 1. The van der Waals surface area contributed by atoms with E-state index in [1.54, 1.807) is 19.1 Å². The van der Waals surface area contributed by atoms with Crippen molar-refractivity contribution < 1.29 is 15.1 Å². The first-order valence-corrected chi connectivity index (χ1v) is 5.78. The minimum Gasteiger partial charge on any atom is -0.379 e. The van der Waals surface area contributed by atoms with Crippen molar-refractivity contribution in [3.05, 3.63) is 34.4 Å². The molecule has 0 spiro atoms. The van der Waals surface area contributed by atoms with Gasteiger partial charge in [0.2, 0.25) is 0 Å². The van der Waals surface area contributed by atoms with Crippen molar-refractivity contribution >= 4 is 11.4 Å². The van der Waals surface area contributed by atoms with E-state index in [4.69, 9.17) is 0 Å². The molecule has 1 aromatic rings. The maximum atomic E-state index is 10.7. The van der Waals surface area contributed by atoms with Crippen LogP contribution in [0.1, 0.15) is 13.8 Å². The first-order valence-electron chi connectivity index (χ1n) is 5.78. The molecule has 2 unspecified atom stereocenters.